The van der Waals surface area contributed by atoms with Gasteiger partial charge < -0.3 is 55.7 Å². The van der Waals surface area contributed by atoms with Gasteiger partial charge in [-0.05, 0) is 210 Å². The van der Waals surface area contributed by atoms with Crippen LogP contribution in [0.15, 0.2) is 133 Å². The Hall–Kier alpha value is -5.69. The summed E-state index contributed by atoms with van der Waals surface area (Å²) in [5, 5.41) is 21.3. The molecule has 6 aromatic rings. The lowest BCUT2D eigenvalue weighted by Gasteiger charge is -2.28. The SMILES string of the molecule is CCO[Si](CCCc1cc(-c2ccc(OCCCCCCCCOc3ccc(-c4ccc(OCCCCCCCCOc5ccc(-c6ccc(O)c(CCC[Si](OCC)(OCC)OCC)c6)cc5)cc4)cc3)cc2)ccc1O)(OCC)OCC. The molecule has 0 aliphatic carbocycles. The van der Waals surface area contributed by atoms with Crippen molar-refractivity contribution in [2.45, 2.75) is 156 Å². The number of hydrogen-bond donors (Lipinski definition) is 2. The van der Waals surface area contributed by atoms with Gasteiger partial charge in [-0.15, -0.1) is 0 Å². The van der Waals surface area contributed by atoms with Gasteiger partial charge in [-0.2, -0.15) is 0 Å². The van der Waals surface area contributed by atoms with Crippen LogP contribution in [0.4, 0.5) is 0 Å². The molecule has 0 aromatic heterocycles. The van der Waals surface area contributed by atoms with Crippen molar-refractivity contribution >= 4 is 17.6 Å². The highest BCUT2D eigenvalue weighted by atomic mass is 28.4. The Bertz CT molecular complexity index is 2480. The summed E-state index contributed by atoms with van der Waals surface area (Å²) in [4.78, 5) is 0. The van der Waals surface area contributed by atoms with Crippen LogP contribution in [-0.2, 0) is 39.4 Å². The highest BCUT2D eigenvalue weighted by Crippen LogP contribution is 2.33. The number of aromatic hydroxyl groups is 2. The highest BCUT2D eigenvalue weighted by molar-refractivity contribution is 6.61. The molecule has 0 amide bonds. The fraction of sp³-hybridized carbons (Fsp3) is 0.486. The van der Waals surface area contributed by atoms with Gasteiger partial charge in [0.05, 0.1) is 26.4 Å². The second-order valence-electron chi connectivity index (χ2n) is 21.1. The zero-order chi connectivity index (χ0) is 59.5. The van der Waals surface area contributed by atoms with Crippen molar-refractivity contribution < 1.29 is 55.7 Å². The molecule has 84 heavy (non-hydrogen) atoms. The van der Waals surface area contributed by atoms with Crippen LogP contribution in [0.2, 0.25) is 12.1 Å². The number of phenolic OH excluding ortho intramolecular Hbond substituents is 2. The summed E-state index contributed by atoms with van der Waals surface area (Å²) in [6, 6.07) is 46.3. The molecule has 0 bridgehead atoms. The maximum absolute atomic E-state index is 10.6. The molecule has 0 fully saturated rings. The fourth-order valence-electron chi connectivity index (χ4n) is 10.5. The van der Waals surface area contributed by atoms with E-state index >= 15 is 0 Å². The largest absolute Gasteiger partial charge is 0.508 e. The van der Waals surface area contributed by atoms with Gasteiger partial charge in [-0.3, -0.25) is 0 Å². The van der Waals surface area contributed by atoms with E-state index < -0.39 is 17.6 Å². The van der Waals surface area contributed by atoms with E-state index in [9.17, 15) is 10.2 Å². The van der Waals surface area contributed by atoms with E-state index in [0.717, 1.165) is 145 Å². The van der Waals surface area contributed by atoms with Crippen LogP contribution in [-0.4, -0.2) is 93.9 Å². The first-order chi connectivity index (χ1) is 41.1. The summed E-state index contributed by atoms with van der Waals surface area (Å²) in [7, 11) is -5.45. The standard InChI is InChI=1S/C70H98O12Si2/c1-7-77-83(78-8-2,79-9-3)53-25-27-63-55-61(37-47-69(63)71)59-33-43-67(44-34-59)75-51-23-19-15-13-17-21-49-73-65-39-29-57(30-40-65)58-31-41-66(42-32-58)74-50-22-18-14-16-20-24-52-76-68-45-35-60(36-46-68)62-38-48-70(72)64(56-62)28-26-54-84(80-10-4,81-11-5)82-12-6/h29-48,55-56,71-72H,7-28,49-54H2,1-6H3. The molecule has 458 valence electrons. The fourth-order valence-corrected chi connectivity index (χ4v) is 15.7. The topological polar surface area (TPSA) is 133 Å². The number of phenols is 2. The smallest absolute Gasteiger partial charge is 0.500 e. The quantitative estimate of drug-likeness (QED) is 0.0279. The van der Waals surface area contributed by atoms with Crippen molar-refractivity contribution in [2.75, 3.05) is 66.1 Å². The molecule has 0 heterocycles. The molecular formula is C70H98O12Si2. The molecular weight excluding hydrogens is 1090 g/mol. The zero-order valence-electron chi connectivity index (χ0n) is 51.5. The lowest BCUT2D eigenvalue weighted by atomic mass is 10.00. The van der Waals surface area contributed by atoms with Gasteiger partial charge in [-0.25, -0.2) is 0 Å². The molecule has 6 aromatic carbocycles. The highest BCUT2D eigenvalue weighted by Gasteiger charge is 2.40. The maximum atomic E-state index is 10.6. The molecule has 0 saturated carbocycles. The van der Waals surface area contributed by atoms with E-state index in [0.29, 0.717) is 89.3 Å². The van der Waals surface area contributed by atoms with Crippen LogP contribution in [0.1, 0.15) is 143 Å². The molecule has 0 atom stereocenters. The normalized spacial score (nSPS) is 11.7. The van der Waals surface area contributed by atoms with Crippen LogP contribution in [0.3, 0.4) is 0 Å². The number of hydrogen-bond acceptors (Lipinski definition) is 12. The van der Waals surface area contributed by atoms with E-state index in [4.69, 9.17) is 45.5 Å². The Morgan fingerprint density at radius 2 is 0.500 bits per heavy atom. The van der Waals surface area contributed by atoms with Gasteiger partial charge in [0, 0.05) is 51.7 Å². The summed E-state index contributed by atoms with van der Waals surface area (Å²) in [5.74, 6) is 4.17. The third-order valence-electron chi connectivity index (χ3n) is 14.8. The third-order valence-corrected chi connectivity index (χ3v) is 21.1. The van der Waals surface area contributed by atoms with Gasteiger partial charge >= 0.3 is 17.6 Å². The van der Waals surface area contributed by atoms with Gasteiger partial charge in [0.2, 0.25) is 0 Å². The van der Waals surface area contributed by atoms with Gasteiger partial charge in [-0.1, -0.05) is 112 Å². The lowest BCUT2D eigenvalue weighted by Crippen LogP contribution is -2.46. The van der Waals surface area contributed by atoms with Gasteiger partial charge in [0.25, 0.3) is 0 Å². The number of benzene rings is 6. The molecule has 12 nitrogen and oxygen atoms in total. The molecule has 2 N–H and O–H groups in total. The number of ether oxygens (including phenoxy) is 4. The lowest BCUT2D eigenvalue weighted by molar-refractivity contribution is 0.0700. The van der Waals surface area contributed by atoms with Crippen molar-refractivity contribution in [2.24, 2.45) is 0 Å². The predicted octanol–water partition coefficient (Wildman–Crippen LogP) is 17.7. The average molecular weight is 1190 g/mol. The summed E-state index contributed by atoms with van der Waals surface area (Å²) in [6.07, 6.45) is 16.5. The summed E-state index contributed by atoms with van der Waals surface area (Å²) >= 11 is 0. The predicted molar refractivity (Wildman–Crippen MR) is 344 cm³/mol. The molecule has 6 rings (SSSR count). The maximum Gasteiger partial charge on any atom is 0.500 e. The Labute approximate surface area is 505 Å². The number of unbranched alkanes of at least 4 members (excludes halogenated alkanes) is 10. The molecule has 0 aliphatic rings. The minimum atomic E-state index is -2.72. The number of rotatable bonds is 45. The van der Waals surface area contributed by atoms with E-state index in [2.05, 4.69) is 84.9 Å². The molecule has 0 aliphatic heterocycles. The van der Waals surface area contributed by atoms with Crippen LogP contribution in [0.5, 0.6) is 34.5 Å². The second kappa shape index (κ2) is 38.4. The van der Waals surface area contributed by atoms with Crippen LogP contribution >= 0.6 is 0 Å². The van der Waals surface area contributed by atoms with Crippen molar-refractivity contribution in [3.8, 4) is 67.9 Å². The van der Waals surface area contributed by atoms with Crippen LogP contribution in [0, 0.1) is 0 Å². The van der Waals surface area contributed by atoms with Gasteiger partial charge in [0.1, 0.15) is 34.5 Å². The van der Waals surface area contributed by atoms with Crippen molar-refractivity contribution in [3.05, 3.63) is 145 Å². The van der Waals surface area contributed by atoms with Crippen molar-refractivity contribution in [1.29, 1.82) is 0 Å². The monoisotopic (exact) mass is 1190 g/mol. The Morgan fingerprint density at radius 3 is 0.750 bits per heavy atom. The minimum absolute atomic E-state index is 0.306. The molecule has 0 saturated heterocycles. The molecule has 0 spiro atoms. The van der Waals surface area contributed by atoms with E-state index in [1.165, 1.54) is 25.7 Å². The zero-order valence-corrected chi connectivity index (χ0v) is 53.5. The Morgan fingerprint density at radius 1 is 0.274 bits per heavy atom. The van der Waals surface area contributed by atoms with Gasteiger partial charge in [0.15, 0.2) is 0 Å². The summed E-state index contributed by atoms with van der Waals surface area (Å²) < 4.78 is 60.4. The second-order valence-corrected chi connectivity index (χ2v) is 26.6. The van der Waals surface area contributed by atoms with E-state index in [1.54, 1.807) is 12.1 Å². The van der Waals surface area contributed by atoms with Crippen LogP contribution in [0.25, 0.3) is 33.4 Å². The first kappa shape index (κ1) is 67.4. The van der Waals surface area contributed by atoms with E-state index in [-0.39, 0.29) is 0 Å². The summed E-state index contributed by atoms with van der Waals surface area (Å²) in [6.45, 7) is 18.0. The van der Waals surface area contributed by atoms with Crippen molar-refractivity contribution in [1.82, 2.24) is 0 Å². The minimum Gasteiger partial charge on any atom is -0.508 e. The Balaban J connectivity index is 0.754. The third kappa shape index (κ3) is 23.3. The Kier molecular flexibility index (Phi) is 30.8. The van der Waals surface area contributed by atoms with Crippen LogP contribution < -0.4 is 18.9 Å². The van der Waals surface area contributed by atoms with Crippen molar-refractivity contribution in [3.63, 3.8) is 0 Å². The average Bonchev–Trinajstić information content (AvgIpc) is 3.63. The molecule has 14 heteroatoms. The first-order valence-corrected chi connectivity index (χ1v) is 35.4. The first-order valence-electron chi connectivity index (χ1n) is 31.5. The van der Waals surface area contributed by atoms with E-state index in [1.807, 2.05) is 77.9 Å². The number of aryl methyl sites for hydroxylation is 2. The molecule has 0 radical (unpaired) electrons. The molecule has 0 unspecified atom stereocenters. The summed E-state index contributed by atoms with van der Waals surface area (Å²) in [5.41, 5.74) is 8.44.